The van der Waals surface area contributed by atoms with Crippen molar-refractivity contribution in [1.82, 2.24) is 10.6 Å². The van der Waals surface area contributed by atoms with E-state index < -0.39 is 11.9 Å². The number of nitrogens with one attached hydrogen (secondary N) is 2. The molecular formula is C18H22N2O6. The number of hydrogen-bond donors (Lipinski definition) is 2. The van der Waals surface area contributed by atoms with Crippen molar-refractivity contribution in [3.8, 4) is 17.2 Å². The molecule has 2 N–H and O–H groups in total. The van der Waals surface area contributed by atoms with E-state index in [1.807, 2.05) is 0 Å². The average molecular weight is 362 g/mol. The van der Waals surface area contributed by atoms with Crippen LogP contribution < -0.4 is 24.8 Å². The van der Waals surface area contributed by atoms with Crippen LogP contribution in [0, 0.1) is 0 Å². The Morgan fingerprint density at radius 2 is 1.77 bits per heavy atom. The second-order valence-electron chi connectivity index (χ2n) is 5.41. The zero-order valence-electron chi connectivity index (χ0n) is 15.1. The van der Waals surface area contributed by atoms with Crippen LogP contribution >= 0.6 is 0 Å². The van der Waals surface area contributed by atoms with Crippen molar-refractivity contribution in [2.45, 2.75) is 19.5 Å². The summed E-state index contributed by atoms with van der Waals surface area (Å²) < 4.78 is 20.8. The topological polar surface area (TPSA) is 99.0 Å². The minimum absolute atomic E-state index is 0.246. The van der Waals surface area contributed by atoms with Crippen LogP contribution in [-0.4, -0.2) is 39.2 Å². The van der Waals surface area contributed by atoms with E-state index in [1.54, 1.807) is 19.1 Å². The predicted octanol–water partition coefficient (Wildman–Crippen LogP) is 1.74. The monoisotopic (exact) mass is 362 g/mol. The number of methoxy groups -OCH3 is 3. The lowest BCUT2D eigenvalue weighted by Crippen LogP contribution is -2.44. The first-order valence-electron chi connectivity index (χ1n) is 7.91. The van der Waals surface area contributed by atoms with Gasteiger partial charge in [-0.15, -0.1) is 0 Å². The van der Waals surface area contributed by atoms with Gasteiger partial charge in [0.05, 0.1) is 34.1 Å². The van der Waals surface area contributed by atoms with Gasteiger partial charge in [0, 0.05) is 5.56 Å². The summed E-state index contributed by atoms with van der Waals surface area (Å²) in [7, 11) is 4.40. The van der Waals surface area contributed by atoms with Gasteiger partial charge in [-0.1, -0.05) is 0 Å². The van der Waals surface area contributed by atoms with E-state index in [4.69, 9.17) is 18.6 Å². The smallest absolute Gasteiger partial charge is 0.252 e. The third-order valence-corrected chi connectivity index (χ3v) is 3.68. The number of furan rings is 1. The van der Waals surface area contributed by atoms with Crippen LogP contribution in [0.15, 0.2) is 34.9 Å². The molecule has 1 aromatic carbocycles. The number of amides is 2. The molecule has 2 rings (SSSR count). The highest BCUT2D eigenvalue weighted by Gasteiger charge is 2.20. The normalized spacial score (nSPS) is 11.4. The first kappa shape index (κ1) is 19.2. The molecule has 0 radical (unpaired) electrons. The summed E-state index contributed by atoms with van der Waals surface area (Å²) in [6.07, 6.45) is 1.52. The maximum Gasteiger partial charge on any atom is 0.252 e. The van der Waals surface area contributed by atoms with Crippen LogP contribution in [0.25, 0.3) is 0 Å². The summed E-state index contributed by atoms with van der Waals surface area (Å²) in [6, 6.07) is 5.78. The first-order valence-corrected chi connectivity index (χ1v) is 7.91. The van der Waals surface area contributed by atoms with Crippen molar-refractivity contribution >= 4 is 11.8 Å². The lowest BCUT2D eigenvalue weighted by molar-refractivity contribution is -0.122. The highest BCUT2D eigenvalue weighted by molar-refractivity contribution is 5.98. The van der Waals surface area contributed by atoms with Crippen molar-refractivity contribution < 1.29 is 28.2 Å². The Balaban J connectivity index is 2.05. The molecule has 2 aromatic rings. The largest absolute Gasteiger partial charge is 0.493 e. The summed E-state index contributed by atoms with van der Waals surface area (Å²) in [5.41, 5.74) is 0.283. The molecule has 8 heteroatoms. The molecule has 1 aromatic heterocycles. The van der Waals surface area contributed by atoms with E-state index in [1.165, 1.54) is 39.7 Å². The molecule has 140 valence electrons. The van der Waals surface area contributed by atoms with Crippen molar-refractivity contribution in [3.05, 3.63) is 41.9 Å². The SMILES string of the molecule is COc1cc(C(=O)NC(C)C(=O)NCc2ccco2)cc(OC)c1OC. The van der Waals surface area contributed by atoms with Crippen LogP contribution in [-0.2, 0) is 11.3 Å². The fourth-order valence-corrected chi connectivity index (χ4v) is 2.30. The Kier molecular flexibility index (Phi) is 6.48. The second-order valence-corrected chi connectivity index (χ2v) is 5.41. The highest BCUT2D eigenvalue weighted by atomic mass is 16.5. The Hall–Kier alpha value is -3.16. The Bertz CT molecular complexity index is 732. The molecule has 0 fully saturated rings. The van der Waals surface area contributed by atoms with E-state index >= 15 is 0 Å². The first-order chi connectivity index (χ1) is 12.5. The minimum atomic E-state index is -0.739. The Labute approximate surface area is 151 Å². The lowest BCUT2D eigenvalue weighted by Gasteiger charge is -2.16. The molecule has 0 bridgehead atoms. The van der Waals surface area contributed by atoms with E-state index in [0.717, 1.165) is 0 Å². The van der Waals surface area contributed by atoms with Crippen LogP contribution in [0.2, 0.25) is 0 Å². The summed E-state index contributed by atoms with van der Waals surface area (Å²) >= 11 is 0. The highest BCUT2D eigenvalue weighted by Crippen LogP contribution is 2.38. The average Bonchev–Trinajstić information content (AvgIpc) is 3.18. The van der Waals surface area contributed by atoms with Crippen LogP contribution in [0.4, 0.5) is 0 Å². The van der Waals surface area contributed by atoms with Crippen molar-refractivity contribution in [1.29, 1.82) is 0 Å². The zero-order valence-corrected chi connectivity index (χ0v) is 15.1. The number of carbonyl (C=O) groups excluding carboxylic acids is 2. The van der Waals surface area contributed by atoms with Crippen molar-refractivity contribution in [2.75, 3.05) is 21.3 Å². The summed E-state index contributed by atoms with van der Waals surface area (Å²) in [5, 5.41) is 5.32. The van der Waals surface area contributed by atoms with Gasteiger partial charge in [-0.25, -0.2) is 0 Å². The molecule has 26 heavy (non-hydrogen) atoms. The summed E-state index contributed by atoms with van der Waals surface area (Å²) in [5.74, 6) is 0.947. The van der Waals surface area contributed by atoms with Crippen molar-refractivity contribution in [2.24, 2.45) is 0 Å². The number of ether oxygens (including phenoxy) is 3. The van der Waals surface area contributed by atoms with Crippen molar-refractivity contribution in [3.63, 3.8) is 0 Å². The molecule has 1 unspecified atom stereocenters. The molecule has 8 nitrogen and oxygen atoms in total. The Morgan fingerprint density at radius 1 is 1.12 bits per heavy atom. The summed E-state index contributed by atoms with van der Waals surface area (Å²) in [6.45, 7) is 1.84. The zero-order chi connectivity index (χ0) is 19.1. The third kappa shape index (κ3) is 4.47. The van der Waals surface area contributed by atoms with Gasteiger partial charge in [-0.05, 0) is 31.2 Å². The number of rotatable bonds is 8. The fourth-order valence-electron chi connectivity index (χ4n) is 2.30. The van der Waals surface area contributed by atoms with Gasteiger partial charge >= 0.3 is 0 Å². The summed E-state index contributed by atoms with van der Waals surface area (Å²) in [4.78, 5) is 24.6. The van der Waals surface area contributed by atoms with E-state index in [2.05, 4.69) is 10.6 Å². The molecule has 0 aliphatic rings. The molecule has 0 aliphatic carbocycles. The van der Waals surface area contributed by atoms with Gasteiger partial charge < -0.3 is 29.3 Å². The van der Waals surface area contributed by atoms with E-state index in [9.17, 15) is 9.59 Å². The van der Waals surface area contributed by atoms with Gasteiger partial charge in [0.25, 0.3) is 5.91 Å². The number of carbonyl (C=O) groups is 2. The fraction of sp³-hybridized carbons (Fsp3) is 0.333. The second kappa shape index (κ2) is 8.80. The molecule has 2 amide bonds. The molecular weight excluding hydrogens is 340 g/mol. The molecule has 0 aliphatic heterocycles. The number of hydrogen-bond acceptors (Lipinski definition) is 6. The quantitative estimate of drug-likeness (QED) is 0.742. The van der Waals surface area contributed by atoms with Gasteiger partial charge in [0.15, 0.2) is 11.5 Å². The molecule has 1 heterocycles. The van der Waals surface area contributed by atoms with Gasteiger partial charge in [-0.3, -0.25) is 9.59 Å². The third-order valence-electron chi connectivity index (χ3n) is 3.68. The van der Waals surface area contributed by atoms with Crippen LogP contribution in [0.5, 0.6) is 17.2 Å². The molecule has 0 saturated heterocycles. The maximum atomic E-state index is 12.5. The van der Waals surface area contributed by atoms with E-state index in [-0.39, 0.29) is 18.0 Å². The van der Waals surface area contributed by atoms with Gasteiger partial charge in [0.2, 0.25) is 11.7 Å². The molecule has 0 saturated carbocycles. The Morgan fingerprint density at radius 3 is 2.27 bits per heavy atom. The maximum absolute atomic E-state index is 12.5. The predicted molar refractivity (Wildman–Crippen MR) is 93.6 cm³/mol. The van der Waals surface area contributed by atoms with Gasteiger partial charge in [0.1, 0.15) is 11.8 Å². The van der Waals surface area contributed by atoms with E-state index in [0.29, 0.717) is 23.0 Å². The van der Waals surface area contributed by atoms with Gasteiger partial charge in [-0.2, -0.15) is 0 Å². The minimum Gasteiger partial charge on any atom is -0.493 e. The van der Waals surface area contributed by atoms with Crippen LogP contribution in [0.3, 0.4) is 0 Å². The number of benzene rings is 1. The lowest BCUT2D eigenvalue weighted by atomic mass is 10.1. The standard InChI is InChI=1S/C18H22N2O6/c1-11(17(21)19-10-13-6-5-7-26-13)20-18(22)12-8-14(23-2)16(25-4)15(9-12)24-3/h5-9,11H,10H2,1-4H3,(H,19,21)(H,20,22). The molecule has 0 spiro atoms. The van der Waals surface area contributed by atoms with Crippen LogP contribution in [0.1, 0.15) is 23.0 Å². The molecule has 1 atom stereocenters.